The van der Waals surface area contributed by atoms with Crippen LogP contribution in [0.1, 0.15) is 17.0 Å². The third-order valence-corrected chi connectivity index (χ3v) is 5.08. The van der Waals surface area contributed by atoms with Gasteiger partial charge in [0.1, 0.15) is 0 Å². The topological polar surface area (TPSA) is 0 Å². The van der Waals surface area contributed by atoms with Gasteiger partial charge < -0.3 is 0 Å². The van der Waals surface area contributed by atoms with Gasteiger partial charge in [0.05, 0.1) is 0 Å². The fourth-order valence-electron chi connectivity index (χ4n) is 1.74. The summed E-state index contributed by atoms with van der Waals surface area (Å²) in [7, 11) is 0. The van der Waals surface area contributed by atoms with Crippen LogP contribution in [0.15, 0.2) is 30.3 Å². The van der Waals surface area contributed by atoms with Gasteiger partial charge in [0.2, 0.25) is 3.79 Å². The van der Waals surface area contributed by atoms with Crippen molar-refractivity contribution in [3.05, 3.63) is 41.5 Å². The molecule has 1 aliphatic rings. The first-order chi connectivity index (χ1) is 7.34. The number of allylic oxidation sites excluding steroid dienone is 1. The second-order valence-electron chi connectivity index (χ2n) is 3.59. The van der Waals surface area contributed by atoms with Crippen LogP contribution < -0.4 is 0 Å². The zero-order chi connectivity index (χ0) is 12.0. The summed E-state index contributed by atoms with van der Waals surface area (Å²) >= 11 is 29.7. The molecule has 0 radical (unpaired) electrons. The van der Waals surface area contributed by atoms with Crippen LogP contribution in [0, 0.1) is 0 Å². The summed E-state index contributed by atoms with van der Waals surface area (Å²) in [6, 6.07) is 7.73. The summed E-state index contributed by atoms with van der Waals surface area (Å²) in [5.74, 6) is -0.320. The first-order valence-corrected chi connectivity index (χ1v) is 6.44. The van der Waals surface area contributed by atoms with Crippen molar-refractivity contribution in [1.29, 1.82) is 0 Å². The van der Waals surface area contributed by atoms with Gasteiger partial charge in [-0.05, 0) is 11.1 Å². The number of hydrogen-bond donors (Lipinski definition) is 0. The van der Waals surface area contributed by atoms with E-state index >= 15 is 0 Å². The zero-order valence-corrected chi connectivity index (χ0v) is 11.7. The molecule has 2 rings (SSSR count). The molecule has 0 fully saturated rings. The standard InChI is InChI=1S/C11H7Cl5/c12-10(13,11(14,15)16)9-6-5-7-3-1-2-4-8(7)9/h1-6,9H. The molecule has 0 spiro atoms. The van der Waals surface area contributed by atoms with Gasteiger partial charge in [0, 0.05) is 5.92 Å². The predicted octanol–water partition coefficient (Wildman–Crippen LogP) is 5.34. The second kappa shape index (κ2) is 4.26. The summed E-state index contributed by atoms with van der Waals surface area (Å²) in [4.78, 5) is 0. The van der Waals surface area contributed by atoms with Gasteiger partial charge in [-0.1, -0.05) is 94.4 Å². The average molecular weight is 316 g/mol. The molecule has 0 saturated carbocycles. The van der Waals surface area contributed by atoms with Crippen LogP contribution in [-0.4, -0.2) is 8.13 Å². The number of alkyl halides is 5. The molecular weight excluding hydrogens is 309 g/mol. The van der Waals surface area contributed by atoms with Gasteiger partial charge in [-0.25, -0.2) is 0 Å². The maximum absolute atomic E-state index is 6.16. The van der Waals surface area contributed by atoms with Crippen molar-refractivity contribution in [1.82, 2.24) is 0 Å². The van der Waals surface area contributed by atoms with Gasteiger partial charge in [-0.3, -0.25) is 0 Å². The Balaban J connectivity index is 2.43. The minimum atomic E-state index is -1.75. The monoisotopic (exact) mass is 314 g/mol. The number of benzene rings is 1. The summed E-state index contributed by atoms with van der Waals surface area (Å²) in [5.41, 5.74) is 2.02. The molecule has 5 heteroatoms. The van der Waals surface area contributed by atoms with E-state index in [-0.39, 0.29) is 5.92 Å². The summed E-state index contributed by atoms with van der Waals surface area (Å²) < 4.78 is -3.23. The molecule has 0 bridgehead atoms. The van der Waals surface area contributed by atoms with Crippen LogP contribution in [0.5, 0.6) is 0 Å². The molecular formula is C11H7Cl5. The van der Waals surface area contributed by atoms with Gasteiger partial charge >= 0.3 is 0 Å². The second-order valence-corrected chi connectivity index (χ2v) is 7.25. The van der Waals surface area contributed by atoms with E-state index in [1.54, 1.807) is 0 Å². The molecule has 0 aliphatic heterocycles. The molecule has 1 unspecified atom stereocenters. The van der Waals surface area contributed by atoms with Gasteiger partial charge in [-0.2, -0.15) is 0 Å². The molecule has 1 aromatic carbocycles. The SMILES string of the molecule is ClC(Cl)(Cl)C(Cl)(Cl)C1C=Cc2ccccc21. The number of hydrogen-bond acceptors (Lipinski definition) is 0. The Hall–Kier alpha value is 0.410. The maximum Gasteiger partial charge on any atom is 0.223 e. The van der Waals surface area contributed by atoms with Crippen LogP contribution >= 0.6 is 58.0 Å². The number of rotatable bonds is 1. The van der Waals surface area contributed by atoms with Crippen molar-refractivity contribution in [2.24, 2.45) is 0 Å². The van der Waals surface area contributed by atoms with Crippen LogP contribution in [-0.2, 0) is 0 Å². The van der Waals surface area contributed by atoms with Crippen molar-refractivity contribution >= 4 is 64.1 Å². The molecule has 0 saturated heterocycles. The van der Waals surface area contributed by atoms with E-state index in [1.165, 1.54) is 0 Å². The lowest BCUT2D eigenvalue weighted by molar-refractivity contribution is 0.711. The predicted molar refractivity (Wildman–Crippen MR) is 72.9 cm³/mol. The fraction of sp³-hybridized carbons (Fsp3) is 0.273. The summed E-state index contributed by atoms with van der Waals surface area (Å²) in [6.45, 7) is 0. The van der Waals surface area contributed by atoms with E-state index in [2.05, 4.69) is 0 Å². The third kappa shape index (κ3) is 2.07. The quantitative estimate of drug-likeness (QED) is 0.613. The van der Waals surface area contributed by atoms with E-state index in [0.717, 1.165) is 11.1 Å². The smallest absolute Gasteiger partial charge is 0.0958 e. The Morgan fingerprint density at radius 1 is 0.938 bits per heavy atom. The molecule has 1 atom stereocenters. The first-order valence-electron chi connectivity index (χ1n) is 4.55. The van der Waals surface area contributed by atoms with Gasteiger partial charge in [-0.15, -0.1) is 0 Å². The van der Waals surface area contributed by atoms with Crippen molar-refractivity contribution in [3.63, 3.8) is 0 Å². The van der Waals surface area contributed by atoms with Crippen molar-refractivity contribution in [2.75, 3.05) is 0 Å². The van der Waals surface area contributed by atoms with E-state index in [4.69, 9.17) is 58.0 Å². The molecule has 0 heterocycles. The Morgan fingerprint density at radius 3 is 2.19 bits per heavy atom. The Kier molecular flexibility index (Phi) is 3.42. The number of fused-ring (bicyclic) bond motifs is 1. The van der Waals surface area contributed by atoms with Crippen LogP contribution in [0.3, 0.4) is 0 Å². The molecule has 1 aliphatic carbocycles. The Labute approximate surface area is 119 Å². The molecule has 0 aromatic heterocycles. The largest absolute Gasteiger partial charge is 0.223 e. The lowest BCUT2D eigenvalue weighted by Gasteiger charge is -2.32. The highest BCUT2D eigenvalue weighted by atomic mass is 35.6. The molecule has 0 N–H and O–H groups in total. The molecule has 0 nitrogen and oxygen atoms in total. The average Bonchev–Trinajstić information content (AvgIpc) is 2.59. The highest BCUT2D eigenvalue weighted by Crippen LogP contribution is 2.56. The summed E-state index contributed by atoms with van der Waals surface area (Å²) in [5, 5.41) is 0. The zero-order valence-electron chi connectivity index (χ0n) is 7.93. The van der Waals surface area contributed by atoms with E-state index < -0.39 is 8.13 Å². The van der Waals surface area contributed by atoms with Crippen LogP contribution in [0.25, 0.3) is 6.08 Å². The normalized spacial score (nSPS) is 19.9. The first kappa shape index (κ1) is 12.9. The summed E-state index contributed by atoms with van der Waals surface area (Å²) in [6.07, 6.45) is 3.78. The Bertz CT molecular complexity index is 430. The minimum absolute atomic E-state index is 0.320. The fourth-order valence-corrected chi connectivity index (χ4v) is 2.48. The van der Waals surface area contributed by atoms with Crippen molar-refractivity contribution in [3.8, 4) is 0 Å². The third-order valence-electron chi connectivity index (χ3n) is 2.57. The number of halogens is 5. The molecule has 86 valence electrons. The van der Waals surface area contributed by atoms with Crippen LogP contribution in [0.2, 0.25) is 0 Å². The van der Waals surface area contributed by atoms with Crippen molar-refractivity contribution < 1.29 is 0 Å². The Morgan fingerprint density at radius 2 is 1.56 bits per heavy atom. The molecule has 0 amide bonds. The van der Waals surface area contributed by atoms with E-state index in [1.807, 2.05) is 36.4 Å². The van der Waals surface area contributed by atoms with Gasteiger partial charge in [0.15, 0.2) is 4.33 Å². The van der Waals surface area contributed by atoms with E-state index in [0.29, 0.717) is 0 Å². The lowest BCUT2D eigenvalue weighted by atomic mass is 9.97. The maximum atomic E-state index is 6.16. The highest BCUT2D eigenvalue weighted by molar-refractivity contribution is 6.75. The van der Waals surface area contributed by atoms with Crippen molar-refractivity contribution in [2.45, 2.75) is 14.0 Å². The van der Waals surface area contributed by atoms with Gasteiger partial charge in [0.25, 0.3) is 0 Å². The highest BCUT2D eigenvalue weighted by Gasteiger charge is 2.52. The van der Waals surface area contributed by atoms with E-state index in [9.17, 15) is 0 Å². The van der Waals surface area contributed by atoms with Crippen LogP contribution in [0.4, 0.5) is 0 Å². The molecule has 1 aromatic rings. The minimum Gasteiger partial charge on any atom is -0.0958 e. The molecule has 16 heavy (non-hydrogen) atoms. The lowest BCUT2D eigenvalue weighted by Crippen LogP contribution is -2.36.